The van der Waals surface area contributed by atoms with E-state index in [0.29, 0.717) is 25.4 Å². The maximum atomic E-state index is 13.1. The third-order valence-electron chi connectivity index (χ3n) is 5.23. The van der Waals surface area contributed by atoms with E-state index in [-0.39, 0.29) is 17.2 Å². The van der Waals surface area contributed by atoms with Gasteiger partial charge in [0.25, 0.3) is 0 Å². The average Bonchev–Trinajstić information content (AvgIpc) is 2.54. The molecule has 0 saturated heterocycles. The van der Waals surface area contributed by atoms with Crippen LogP contribution in [0.5, 0.6) is 0 Å². The number of nitrogens with two attached hydrogens (primary N) is 1. The van der Waals surface area contributed by atoms with Gasteiger partial charge in [-0.3, -0.25) is 4.90 Å². The average molecular weight is 425 g/mol. The summed E-state index contributed by atoms with van der Waals surface area (Å²) in [7, 11) is -0.301. The summed E-state index contributed by atoms with van der Waals surface area (Å²) in [6, 6.07) is 7.21. The monoisotopic (exact) mass is 424 g/mol. The molecule has 0 bridgehead atoms. The fourth-order valence-corrected chi connectivity index (χ4v) is 3.64. The summed E-state index contributed by atoms with van der Waals surface area (Å²) >= 11 is 0. The van der Waals surface area contributed by atoms with Crippen LogP contribution < -0.4 is 5.73 Å². The number of rotatable bonds is 8. The van der Waals surface area contributed by atoms with Gasteiger partial charge in [0.15, 0.2) is 8.32 Å². The van der Waals surface area contributed by atoms with Crippen LogP contribution in [0.25, 0.3) is 0 Å². The highest BCUT2D eigenvalue weighted by atomic mass is 28.4. The molecular formula is C22H40N2O4Si. The Morgan fingerprint density at radius 3 is 2.28 bits per heavy atom. The molecule has 1 rings (SSSR count). The third kappa shape index (κ3) is 7.99. The van der Waals surface area contributed by atoms with Gasteiger partial charge in [-0.05, 0) is 56.6 Å². The summed E-state index contributed by atoms with van der Waals surface area (Å²) in [6.07, 6.45) is -0.388. The van der Waals surface area contributed by atoms with Crippen molar-refractivity contribution in [3.63, 3.8) is 0 Å². The Bertz CT molecular complexity index is 666. The minimum absolute atomic E-state index is 0.101. The fourth-order valence-electron chi connectivity index (χ4n) is 2.60. The van der Waals surface area contributed by atoms with Gasteiger partial charge in [0.2, 0.25) is 0 Å². The SMILES string of the molecule is COCC(c1cccc(N)c1)N(CCO[Si](C)(C)C(C)(C)C)C(=O)OC(C)(C)C. The number of amides is 1. The van der Waals surface area contributed by atoms with Crippen molar-refractivity contribution in [2.75, 3.05) is 32.6 Å². The Labute approximate surface area is 177 Å². The second kappa shape index (κ2) is 9.96. The highest BCUT2D eigenvalue weighted by Crippen LogP contribution is 2.36. The zero-order valence-corrected chi connectivity index (χ0v) is 20.7. The van der Waals surface area contributed by atoms with E-state index in [0.717, 1.165) is 5.56 Å². The Morgan fingerprint density at radius 2 is 1.79 bits per heavy atom. The van der Waals surface area contributed by atoms with Gasteiger partial charge in [-0.25, -0.2) is 4.79 Å². The van der Waals surface area contributed by atoms with Crippen molar-refractivity contribution < 1.29 is 18.7 Å². The number of nitrogen functional groups attached to an aromatic ring is 1. The minimum atomic E-state index is -1.92. The predicted octanol–water partition coefficient (Wildman–Crippen LogP) is 5.22. The number of nitrogens with zero attached hydrogens (tertiary/aromatic N) is 1. The first-order chi connectivity index (χ1) is 13.2. The molecule has 7 heteroatoms. The number of hydrogen-bond acceptors (Lipinski definition) is 5. The van der Waals surface area contributed by atoms with Crippen molar-refractivity contribution in [2.24, 2.45) is 0 Å². The van der Waals surface area contributed by atoms with Crippen LogP contribution in [0.4, 0.5) is 10.5 Å². The first kappa shape index (κ1) is 25.5. The number of carbonyl (C=O) groups excluding carboxylic acids is 1. The van der Waals surface area contributed by atoms with E-state index in [9.17, 15) is 4.79 Å². The summed E-state index contributed by atoms with van der Waals surface area (Å²) in [5.74, 6) is 0. The van der Waals surface area contributed by atoms with Gasteiger partial charge in [0.1, 0.15) is 5.60 Å². The lowest BCUT2D eigenvalue weighted by Crippen LogP contribution is -2.46. The molecule has 0 aromatic heterocycles. The molecule has 1 aromatic carbocycles. The number of carbonyl (C=O) groups is 1. The second-order valence-corrected chi connectivity index (χ2v) is 14.7. The molecule has 0 spiro atoms. The molecule has 0 aliphatic carbocycles. The molecule has 29 heavy (non-hydrogen) atoms. The zero-order chi connectivity index (χ0) is 22.5. The molecule has 6 nitrogen and oxygen atoms in total. The van der Waals surface area contributed by atoms with Crippen LogP contribution in [0.1, 0.15) is 53.1 Å². The summed E-state index contributed by atoms with van der Waals surface area (Å²) in [5.41, 5.74) is 6.94. The van der Waals surface area contributed by atoms with Crippen LogP contribution >= 0.6 is 0 Å². The van der Waals surface area contributed by atoms with Gasteiger partial charge in [0, 0.05) is 19.3 Å². The molecule has 166 valence electrons. The third-order valence-corrected chi connectivity index (χ3v) is 9.76. The summed E-state index contributed by atoms with van der Waals surface area (Å²) in [5, 5.41) is 0.101. The van der Waals surface area contributed by atoms with Crippen molar-refractivity contribution >= 4 is 20.1 Å². The van der Waals surface area contributed by atoms with Crippen LogP contribution in [0, 0.1) is 0 Å². The van der Waals surface area contributed by atoms with Crippen LogP contribution in [0.3, 0.4) is 0 Å². The van der Waals surface area contributed by atoms with Crippen LogP contribution in [-0.2, 0) is 13.9 Å². The van der Waals surface area contributed by atoms with Crippen LogP contribution in [-0.4, -0.2) is 51.8 Å². The molecule has 0 heterocycles. The van der Waals surface area contributed by atoms with Gasteiger partial charge < -0.3 is 19.6 Å². The van der Waals surface area contributed by atoms with E-state index in [1.807, 2.05) is 45.0 Å². The van der Waals surface area contributed by atoms with Gasteiger partial charge in [-0.1, -0.05) is 32.9 Å². The topological polar surface area (TPSA) is 74.0 Å². The number of methoxy groups -OCH3 is 1. The highest BCUT2D eigenvalue weighted by molar-refractivity contribution is 6.74. The number of hydrogen-bond donors (Lipinski definition) is 1. The molecular weight excluding hydrogens is 384 g/mol. The summed E-state index contributed by atoms with van der Waals surface area (Å²) < 4.78 is 17.4. The quantitative estimate of drug-likeness (QED) is 0.458. The van der Waals surface area contributed by atoms with Crippen molar-refractivity contribution in [1.82, 2.24) is 4.90 Å². The van der Waals surface area contributed by atoms with Crippen molar-refractivity contribution in [1.29, 1.82) is 0 Å². The molecule has 0 radical (unpaired) electrons. The van der Waals surface area contributed by atoms with Crippen LogP contribution in [0.2, 0.25) is 18.1 Å². The summed E-state index contributed by atoms with van der Waals surface area (Å²) in [4.78, 5) is 14.7. The number of benzene rings is 1. The number of ether oxygens (including phenoxy) is 2. The molecule has 0 aliphatic heterocycles. The fraction of sp³-hybridized carbons (Fsp3) is 0.682. The first-order valence-corrected chi connectivity index (χ1v) is 13.1. The molecule has 0 aliphatic rings. The molecule has 1 amide bonds. The Hall–Kier alpha value is -1.57. The lowest BCUT2D eigenvalue weighted by atomic mass is 10.1. The smallest absolute Gasteiger partial charge is 0.410 e. The maximum absolute atomic E-state index is 13.1. The molecule has 0 fully saturated rings. The van der Waals surface area contributed by atoms with Gasteiger partial charge in [-0.15, -0.1) is 0 Å². The highest BCUT2D eigenvalue weighted by Gasteiger charge is 2.37. The second-order valence-electron chi connectivity index (χ2n) is 9.92. The zero-order valence-electron chi connectivity index (χ0n) is 19.7. The lowest BCUT2D eigenvalue weighted by Gasteiger charge is -2.38. The molecule has 1 aromatic rings. The van der Waals surface area contributed by atoms with E-state index >= 15 is 0 Å². The molecule has 1 unspecified atom stereocenters. The van der Waals surface area contributed by atoms with Gasteiger partial charge in [-0.2, -0.15) is 0 Å². The Balaban J connectivity index is 3.12. The molecule has 1 atom stereocenters. The van der Waals surface area contributed by atoms with Gasteiger partial charge in [0.05, 0.1) is 19.3 Å². The standard InChI is InChI=1S/C22H40N2O4Si/c1-21(2,3)28-20(25)24(13-14-27-29(8,9)22(4,5)6)19(16-26-7)17-11-10-12-18(23)15-17/h10-12,15,19H,13-14,16,23H2,1-9H3. The minimum Gasteiger partial charge on any atom is -0.444 e. The van der Waals surface area contributed by atoms with E-state index in [2.05, 4.69) is 33.9 Å². The molecule has 2 N–H and O–H groups in total. The van der Waals surface area contributed by atoms with Crippen molar-refractivity contribution in [3.8, 4) is 0 Å². The number of anilines is 1. The lowest BCUT2D eigenvalue weighted by molar-refractivity contribution is 0.00176. The van der Waals surface area contributed by atoms with Crippen molar-refractivity contribution in [2.45, 2.75) is 71.3 Å². The van der Waals surface area contributed by atoms with E-state index in [4.69, 9.17) is 19.6 Å². The Morgan fingerprint density at radius 1 is 1.17 bits per heavy atom. The van der Waals surface area contributed by atoms with E-state index < -0.39 is 13.9 Å². The van der Waals surface area contributed by atoms with E-state index in [1.165, 1.54) is 0 Å². The van der Waals surface area contributed by atoms with Crippen molar-refractivity contribution in [3.05, 3.63) is 29.8 Å². The van der Waals surface area contributed by atoms with E-state index in [1.54, 1.807) is 12.0 Å². The predicted molar refractivity (Wildman–Crippen MR) is 122 cm³/mol. The largest absolute Gasteiger partial charge is 0.444 e. The Kier molecular flexibility index (Phi) is 8.74. The first-order valence-electron chi connectivity index (χ1n) is 10.2. The maximum Gasteiger partial charge on any atom is 0.410 e. The summed E-state index contributed by atoms with van der Waals surface area (Å²) in [6.45, 7) is 17.8. The van der Waals surface area contributed by atoms with Crippen LogP contribution in [0.15, 0.2) is 24.3 Å². The van der Waals surface area contributed by atoms with Gasteiger partial charge >= 0.3 is 6.09 Å². The molecule has 0 saturated carbocycles. The normalized spacial score (nSPS) is 13.8.